The van der Waals surface area contributed by atoms with E-state index in [0.29, 0.717) is 11.3 Å². The lowest BCUT2D eigenvalue weighted by atomic mass is 10.1. The third-order valence-corrected chi connectivity index (χ3v) is 2.53. The number of carbonyl (C=O) groups excluding carboxylic acids is 3. The van der Waals surface area contributed by atoms with Gasteiger partial charge < -0.3 is 14.4 Å². The van der Waals surface area contributed by atoms with Gasteiger partial charge >= 0.3 is 12.1 Å². The molecule has 0 atom stereocenters. The fourth-order valence-electron chi connectivity index (χ4n) is 1.59. The zero-order chi connectivity index (χ0) is 15.1. The number of nitrogens with zero attached hydrogens (tertiary/aromatic N) is 1. The lowest BCUT2D eigenvalue weighted by Gasteiger charge is -2.20. The third kappa shape index (κ3) is 3.98. The highest BCUT2D eigenvalue weighted by Gasteiger charge is 2.17. The molecule has 0 saturated carbocycles. The number of likely N-dealkylation sites (N-methyl/N-ethyl adjacent to an activating group) is 1. The number of imide groups is 1. The number of amides is 2. The van der Waals surface area contributed by atoms with Crippen LogP contribution in [0.4, 0.5) is 10.5 Å². The predicted molar refractivity (Wildman–Crippen MR) is 71.6 cm³/mol. The molecule has 0 aliphatic heterocycles. The van der Waals surface area contributed by atoms with E-state index in [9.17, 15) is 14.4 Å². The smallest absolute Gasteiger partial charge is 0.413 e. The Hall–Kier alpha value is -2.57. The van der Waals surface area contributed by atoms with Gasteiger partial charge in [-0.1, -0.05) is 12.1 Å². The summed E-state index contributed by atoms with van der Waals surface area (Å²) in [5.41, 5.74) is 0.864. The van der Waals surface area contributed by atoms with Gasteiger partial charge in [-0.05, 0) is 12.1 Å². The van der Waals surface area contributed by atoms with Crippen molar-refractivity contribution < 1.29 is 23.9 Å². The van der Waals surface area contributed by atoms with E-state index in [2.05, 4.69) is 9.47 Å². The first-order chi connectivity index (χ1) is 9.49. The molecule has 7 nitrogen and oxygen atoms in total. The van der Waals surface area contributed by atoms with Crippen molar-refractivity contribution in [2.75, 3.05) is 32.7 Å². The summed E-state index contributed by atoms with van der Waals surface area (Å²) in [5.74, 6) is -1.04. The molecule has 1 N–H and O–H groups in total. The first-order valence-corrected chi connectivity index (χ1v) is 5.76. The highest BCUT2D eigenvalue weighted by atomic mass is 16.5. The molecule has 108 valence electrons. The molecule has 2 amide bonds. The average molecular weight is 280 g/mol. The summed E-state index contributed by atoms with van der Waals surface area (Å²) in [6, 6.07) is 6.70. The summed E-state index contributed by atoms with van der Waals surface area (Å²) in [7, 11) is 4.07. The zero-order valence-corrected chi connectivity index (χ0v) is 11.5. The molecule has 0 aromatic heterocycles. The highest BCUT2D eigenvalue weighted by molar-refractivity contribution is 5.98. The standard InChI is InChI=1S/C13H16N2O5/c1-15(8-11(16)14-13(18)20-3)10-7-5-4-6-9(10)12(17)19-2/h4-7H,8H2,1-3H3,(H,14,16,18). The van der Waals surface area contributed by atoms with E-state index < -0.39 is 18.0 Å². The van der Waals surface area contributed by atoms with Crippen molar-refractivity contribution in [3.05, 3.63) is 29.8 Å². The number of esters is 1. The first kappa shape index (κ1) is 15.5. The lowest BCUT2D eigenvalue weighted by molar-refractivity contribution is -0.119. The summed E-state index contributed by atoms with van der Waals surface area (Å²) in [6.07, 6.45) is -0.829. The molecule has 0 unspecified atom stereocenters. The van der Waals surface area contributed by atoms with Crippen LogP contribution >= 0.6 is 0 Å². The van der Waals surface area contributed by atoms with E-state index in [1.165, 1.54) is 19.1 Å². The number of para-hydroxylation sites is 1. The monoisotopic (exact) mass is 280 g/mol. The molecule has 0 saturated heterocycles. The van der Waals surface area contributed by atoms with Crippen LogP contribution in [0.3, 0.4) is 0 Å². The van der Waals surface area contributed by atoms with Gasteiger partial charge in [-0.15, -0.1) is 0 Å². The largest absolute Gasteiger partial charge is 0.465 e. The molecule has 0 aliphatic carbocycles. The second-order valence-electron chi connectivity index (χ2n) is 3.90. The Morgan fingerprint density at radius 1 is 1.15 bits per heavy atom. The molecule has 0 fully saturated rings. The number of hydrogen-bond donors (Lipinski definition) is 1. The van der Waals surface area contributed by atoms with Crippen molar-refractivity contribution >= 4 is 23.7 Å². The minimum absolute atomic E-state index is 0.108. The van der Waals surface area contributed by atoms with Crippen molar-refractivity contribution in [3.63, 3.8) is 0 Å². The van der Waals surface area contributed by atoms with Gasteiger partial charge in [0.1, 0.15) is 0 Å². The predicted octanol–water partition coefficient (Wildman–Crippen LogP) is 0.792. The Balaban J connectivity index is 2.82. The van der Waals surface area contributed by atoms with Gasteiger partial charge in [0.15, 0.2) is 0 Å². The molecule has 0 spiro atoms. The number of rotatable bonds is 4. The van der Waals surface area contributed by atoms with Crippen LogP contribution in [0.5, 0.6) is 0 Å². The molecule has 0 aliphatic rings. The second-order valence-corrected chi connectivity index (χ2v) is 3.90. The Labute approximate surface area is 116 Å². The fraction of sp³-hybridized carbons (Fsp3) is 0.308. The third-order valence-electron chi connectivity index (χ3n) is 2.53. The SMILES string of the molecule is COC(=O)NC(=O)CN(C)c1ccccc1C(=O)OC. The van der Waals surface area contributed by atoms with Crippen LogP contribution in [0.25, 0.3) is 0 Å². The molecule has 20 heavy (non-hydrogen) atoms. The van der Waals surface area contributed by atoms with E-state index in [0.717, 1.165) is 0 Å². The van der Waals surface area contributed by atoms with Crippen LogP contribution < -0.4 is 10.2 Å². The molecular weight excluding hydrogens is 264 g/mol. The Morgan fingerprint density at radius 2 is 1.80 bits per heavy atom. The molecule has 0 heterocycles. The molecule has 0 bridgehead atoms. The first-order valence-electron chi connectivity index (χ1n) is 5.76. The second kappa shape index (κ2) is 7.13. The lowest BCUT2D eigenvalue weighted by Crippen LogP contribution is -2.38. The topological polar surface area (TPSA) is 84.9 Å². The summed E-state index contributed by atoms with van der Waals surface area (Å²) in [4.78, 5) is 35.6. The minimum Gasteiger partial charge on any atom is -0.465 e. The van der Waals surface area contributed by atoms with E-state index in [1.807, 2.05) is 5.32 Å². The van der Waals surface area contributed by atoms with E-state index in [-0.39, 0.29) is 6.54 Å². The minimum atomic E-state index is -0.829. The van der Waals surface area contributed by atoms with Gasteiger partial charge in [0, 0.05) is 7.05 Å². The maximum atomic E-state index is 11.6. The maximum Gasteiger partial charge on any atom is 0.413 e. The molecule has 1 rings (SSSR count). The van der Waals surface area contributed by atoms with Crippen molar-refractivity contribution in [3.8, 4) is 0 Å². The molecule has 7 heteroatoms. The Morgan fingerprint density at radius 3 is 2.40 bits per heavy atom. The number of nitrogens with one attached hydrogen (secondary N) is 1. The van der Waals surface area contributed by atoms with Crippen molar-refractivity contribution in [1.82, 2.24) is 5.32 Å². The van der Waals surface area contributed by atoms with Crippen molar-refractivity contribution in [1.29, 1.82) is 0 Å². The number of alkyl carbamates (subject to hydrolysis) is 1. The zero-order valence-electron chi connectivity index (χ0n) is 11.5. The summed E-state index contributed by atoms with van der Waals surface area (Å²) < 4.78 is 9.00. The van der Waals surface area contributed by atoms with E-state index >= 15 is 0 Å². The van der Waals surface area contributed by atoms with Gasteiger partial charge in [0.25, 0.3) is 0 Å². The van der Waals surface area contributed by atoms with Crippen molar-refractivity contribution in [2.45, 2.75) is 0 Å². The van der Waals surface area contributed by atoms with Crippen LogP contribution in [0.2, 0.25) is 0 Å². The number of methoxy groups -OCH3 is 2. The normalized spacial score (nSPS) is 9.55. The quantitative estimate of drug-likeness (QED) is 0.821. The molecule has 1 aromatic carbocycles. The summed E-state index contributed by atoms with van der Waals surface area (Å²) in [6.45, 7) is -0.108. The van der Waals surface area contributed by atoms with Crippen LogP contribution in [-0.2, 0) is 14.3 Å². The molecule has 0 radical (unpaired) electrons. The van der Waals surface area contributed by atoms with Crippen molar-refractivity contribution in [2.24, 2.45) is 0 Å². The summed E-state index contributed by atoms with van der Waals surface area (Å²) >= 11 is 0. The average Bonchev–Trinajstić information content (AvgIpc) is 2.45. The Bertz CT molecular complexity index is 515. The molecular formula is C13H16N2O5. The number of ether oxygens (including phenoxy) is 2. The summed E-state index contributed by atoms with van der Waals surface area (Å²) in [5, 5.41) is 2.03. The number of carbonyl (C=O) groups is 3. The van der Waals surface area contributed by atoms with Gasteiger partial charge in [-0.25, -0.2) is 9.59 Å². The highest BCUT2D eigenvalue weighted by Crippen LogP contribution is 2.19. The van der Waals surface area contributed by atoms with Gasteiger partial charge in [0.2, 0.25) is 5.91 Å². The van der Waals surface area contributed by atoms with E-state index in [4.69, 9.17) is 0 Å². The van der Waals surface area contributed by atoms with Gasteiger partial charge in [-0.2, -0.15) is 0 Å². The van der Waals surface area contributed by atoms with Gasteiger partial charge in [0.05, 0.1) is 32.0 Å². The van der Waals surface area contributed by atoms with E-state index in [1.54, 1.807) is 31.3 Å². The maximum absolute atomic E-state index is 11.6. The number of benzene rings is 1. The van der Waals surface area contributed by atoms with Crippen LogP contribution in [0.1, 0.15) is 10.4 Å². The van der Waals surface area contributed by atoms with Crippen LogP contribution in [0.15, 0.2) is 24.3 Å². The fourth-order valence-corrected chi connectivity index (χ4v) is 1.59. The number of anilines is 1. The Kier molecular flexibility index (Phi) is 5.52. The molecule has 1 aromatic rings. The number of hydrogen-bond acceptors (Lipinski definition) is 6. The van der Waals surface area contributed by atoms with Crippen LogP contribution in [-0.4, -0.2) is 45.8 Å². The van der Waals surface area contributed by atoms with Crippen LogP contribution in [0, 0.1) is 0 Å². The van der Waals surface area contributed by atoms with Gasteiger partial charge in [-0.3, -0.25) is 10.1 Å².